The predicted molar refractivity (Wildman–Crippen MR) is 117 cm³/mol. The number of carbonyl (C=O) groups is 2. The van der Waals surface area contributed by atoms with E-state index in [0.29, 0.717) is 17.1 Å². The van der Waals surface area contributed by atoms with Crippen molar-refractivity contribution in [1.82, 2.24) is 4.90 Å². The summed E-state index contributed by atoms with van der Waals surface area (Å²) in [5.41, 5.74) is 1.59. The molecule has 0 bridgehead atoms. The highest BCUT2D eigenvalue weighted by molar-refractivity contribution is 7.92. The number of nitrogens with zero attached hydrogens (tertiary/aromatic N) is 1. The number of amides is 2. The fraction of sp³-hybridized carbons (Fsp3) is 0.250. The van der Waals surface area contributed by atoms with Crippen LogP contribution in [0.5, 0.6) is 5.75 Å². The Balaban J connectivity index is 1.73. The summed E-state index contributed by atoms with van der Waals surface area (Å²) in [7, 11) is -2.54. The van der Waals surface area contributed by atoms with Crippen molar-refractivity contribution < 1.29 is 27.2 Å². The fourth-order valence-corrected chi connectivity index (χ4v) is 5.77. The number of sulfone groups is 1. The summed E-state index contributed by atoms with van der Waals surface area (Å²) < 4.78 is 37.7. The number of ether oxygens (including phenoxy) is 1. The van der Waals surface area contributed by atoms with Crippen LogP contribution in [0.2, 0.25) is 0 Å². The van der Waals surface area contributed by atoms with E-state index in [1.807, 2.05) is 6.92 Å². The third-order valence-electron chi connectivity index (χ3n) is 5.66. The van der Waals surface area contributed by atoms with Crippen LogP contribution in [-0.2, 0) is 26.0 Å². The molecule has 4 rings (SSSR count). The van der Waals surface area contributed by atoms with Crippen LogP contribution < -0.4 is 4.74 Å². The number of piperidine rings is 1. The summed E-state index contributed by atoms with van der Waals surface area (Å²) >= 11 is 0. The van der Waals surface area contributed by atoms with Gasteiger partial charge in [0.05, 0.1) is 30.7 Å². The van der Waals surface area contributed by atoms with Crippen molar-refractivity contribution in [1.29, 1.82) is 0 Å². The Labute approximate surface area is 186 Å². The number of rotatable bonds is 6. The van der Waals surface area contributed by atoms with Crippen molar-refractivity contribution in [3.63, 3.8) is 0 Å². The summed E-state index contributed by atoms with van der Waals surface area (Å²) in [6.45, 7) is 1.83. The number of hydrogen-bond donors (Lipinski definition) is 0. The molecular formula is C24H23NO6S. The molecule has 2 heterocycles. The number of methoxy groups -OCH3 is 1. The van der Waals surface area contributed by atoms with Crippen LogP contribution in [0.3, 0.4) is 0 Å². The molecule has 2 atom stereocenters. The van der Waals surface area contributed by atoms with E-state index in [9.17, 15) is 18.0 Å². The quantitative estimate of drug-likeness (QED) is 0.531. The maximum absolute atomic E-state index is 13.6. The maximum Gasteiger partial charge on any atom is 0.248 e. The van der Waals surface area contributed by atoms with Gasteiger partial charge in [0.2, 0.25) is 11.8 Å². The Hall–Kier alpha value is -3.39. The van der Waals surface area contributed by atoms with Crippen molar-refractivity contribution in [2.45, 2.75) is 36.0 Å². The van der Waals surface area contributed by atoms with Crippen molar-refractivity contribution >= 4 is 21.7 Å². The lowest BCUT2D eigenvalue weighted by molar-refractivity contribution is -0.149. The van der Waals surface area contributed by atoms with E-state index in [1.54, 1.807) is 55.6 Å². The minimum Gasteiger partial charge on any atom is -0.497 e. The van der Waals surface area contributed by atoms with Crippen LogP contribution in [0.15, 0.2) is 76.2 Å². The first-order valence-electron chi connectivity index (χ1n) is 10.1. The van der Waals surface area contributed by atoms with E-state index >= 15 is 0 Å². The summed E-state index contributed by atoms with van der Waals surface area (Å²) in [6.07, 6.45) is 1.26. The zero-order valence-electron chi connectivity index (χ0n) is 17.7. The van der Waals surface area contributed by atoms with Gasteiger partial charge in [0, 0.05) is 6.42 Å². The second-order valence-electron chi connectivity index (χ2n) is 7.77. The van der Waals surface area contributed by atoms with Crippen LogP contribution in [0, 0.1) is 6.92 Å². The fourth-order valence-electron chi connectivity index (χ4n) is 3.91. The molecule has 7 nitrogen and oxygen atoms in total. The monoisotopic (exact) mass is 453 g/mol. The Bertz CT molecular complexity index is 1210. The van der Waals surface area contributed by atoms with E-state index in [-0.39, 0.29) is 17.9 Å². The van der Waals surface area contributed by atoms with Crippen molar-refractivity contribution in [3.8, 4) is 5.75 Å². The lowest BCUT2D eigenvalue weighted by Gasteiger charge is -2.35. The van der Waals surface area contributed by atoms with Gasteiger partial charge in [-0.2, -0.15) is 0 Å². The first-order valence-corrected chi connectivity index (χ1v) is 11.7. The highest BCUT2D eigenvalue weighted by Gasteiger charge is 2.50. The summed E-state index contributed by atoms with van der Waals surface area (Å²) in [5.74, 6) is -1.15. The molecule has 0 aliphatic carbocycles. The van der Waals surface area contributed by atoms with Gasteiger partial charge in [-0.05, 0) is 48.9 Å². The van der Waals surface area contributed by atoms with Crippen LogP contribution in [-0.4, -0.2) is 37.5 Å². The predicted octanol–water partition coefficient (Wildman–Crippen LogP) is 3.48. The van der Waals surface area contributed by atoms with Gasteiger partial charge in [0.15, 0.2) is 15.1 Å². The normalized spacial score (nSPS) is 19.2. The molecule has 3 aromatic rings. The first-order chi connectivity index (χ1) is 15.3. The van der Waals surface area contributed by atoms with Crippen LogP contribution in [0.25, 0.3) is 0 Å². The minimum atomic E-state index is -4.09. The second kappa shape index (κ2) is 8.63. The van der Waals surface area contributed by atoms with Gasteiger partial charge in [0.1, 0.15) is 11.5 Å². The molecule has 1 aliphatic heterocycles. The standard InChI is InChI=1S/C24H23NO6S/c1-16-5-11-19(12-6-16)32(28,29)23-20(21-4-3-13-31-21)14-22(26)25(24(23)27)15-17-7-9-18(30-2)10-8-17/h3-13,20,23H,14-15H2,1-2H3. The maximum atomic E-state index is 13.6. The van der Waals surface area contributed by atoms with Crippen LogP contribution >= 0.6 is 0 Å². The summed E-state index contributed by atoms with van der Waals surface area (Å²) in [5, 5.41) is -1.47. The molecule has 166 valence electrons. The highest BCUT2D eigenvalue weighted by atomic mass is 32.2. The molecule has 8 heteroatoms. The smallest absolute Gasteiger partial charge is 0.248 e. The van der Waals surface area contributed by atoms with E-state index in [1.165, 1.54) is 18.4 Å². The third kappa shape index (κ3) is 4.05. The number of carbonyl (C=O) groups excluding carboxylic acids is 2. The third-order valence-corrected chi connectivity index (χ3v) is 7.79. The molecule has 1 aliphatic rings. The Morgan fingerprint density at radius 3 is 2.31 bits per heavy atom. The van der Waals surface area contributed by atoms with Gasteiger partial charge in [-0.15, -0.1) is 0 Å². The Morgan fingerprint density at radius 1 is 1.03 bits per heavy atom. The van der Waals surface area contributed by atoms with Gasteiger partial charge < -0.3 is 9.15 Å². The molecule has 1 aromatic heterocycles. The lowest BCUT2D eigenvalue weighted by atomic mass is 9.92. The van der Waals surface area contributed by atoms with E-state index in [2.05, 4.69) is 0 Å². The van der Waals surface area contributed by atoms with Gasteiger partial charge in [-0.1, -0.05) is 29.8 Å². The Kier molecular flexibility index (Phi) is 5.88. The zero-order valence-corrected chi connectivity index (χ0v) is 18.5. The van der Waals surface area contributed by atoms with Gasteiger partial charge in [-0.25, -0.2) is 8.42 Å². The largest absolute Gasteiger partial charge is 0.497 e. The molecule has 0 radical (unpaired) electrons. The first kappa shape index (κ1) is 21.8. The van der Waals surface area contributed by atoms with E-state index in [0.717, 1.165) is 10.5 Å². The topological polar surface area (TPSA) is 93.9 Å². The molecule has 2 aromatic carbocycles. The average molecular weight is 454 g/mol. The van der Waals surface area contributed by atoms with E-state index < -0.39 is 32.8 Å². The molecule has 2 amide bonds. The second-order valence-corrected chi connectivity index (χ2v) is 9.84. The van der Waals surface area contributed by atoms with Crippen LogP contribution in [0.1, 0.15) is 29.2 Å². The summed E-state index contributed by atoms with van der Waals surface area (Å²) in [4.78, 5) is 27.5. The molecular weight excluding hydrogens is 430 g/mol. The van der Waals surface area contributed by atoms with E-state index in [4.69, 9.17) is 9.15 Å². The number of hydrogen-bond acceptors (Lipinski definition) is 6. The number of furan rings is 1. The number of likely N-dealkylation sites (tertiary alicyclic amines) is 1. The molecule has 1 saturated heterocycles. The molecule has 0 spiro atoms. The Morgan fingerprint density at radius 2 is 1.72 bits per heavy atom. The molecule has 0 N–H and O–H groups in total. The molecule has 1 fully saturated rings. The minimum absolute atomic E-state index is 0.0214. The van der Waals surface area contributed by atoms with Crippen molar-refractivity contribution in [2.75, 3.05) is 7.11 Å². The molecule has 2 unspecified atom stereocenters. The van der Waals surface area contributed by atoms with Crippen LogP contribution in [0.4, 0.5) is 0 Å². The number of aryl methyl sites for hydroxylation is 1. The summed E-state index contributed by atoms with van der Waals surface area (Å²) in [6, 6.07) is 16.5. The number of imide groups is 1. The van der Waals surface area contributed by atoms with Gasteiger partial charge in [-0.3, -0.25) is 14.5 Å². The molecule has 0 saturated carbocycles. The van der Waals surface area contributed by atoms with Crippen molar-refractivity contribution in [2.24, 2.45) is 0 Å². The van der Waals surface area contributed by atoms with Crippen molar-refractivity contribution in [3.05, 3.63) is 83.8 Å². The highest BCUT2D eigenvalue weighted by Crippen LogP contribution is 2.37. The zero-order chi connectivity index (χ0) is 22.9. The van der Waals surface area contributed by atoms with Gasteiger partial charge >= 0.3 is 0 Å². The SMILES string of the molecule is COc1ccc(CN2C(=O)CC(c3ccco3)C(S(=O)(=O)c3ccc(C)cc3)C2=O)cc1. The molecule has 32 heavy (non-hydrogen) atoms. The lowest BCUT2D eigenvalue weighted by Crippen LogP contribution is -2.53. The average Bonchev–Trinajstić information content (AvgIpc) is 3.31. The van der Waals surface area contributed by atoms with Gasteiger partial charge in [0.25, 0.3) is 0 Å². The number of benzene rings is 2.